The maximum atomic E-state index is 12.4. The van der Waals surface area contributed by atoms with Crippen molar-refractivity contribution >= 4 is 33.5 Å². The SMILES string of the molecule is COc1ccc(/C=N\NC(=O)[C@H](C)N(c2ccccc2)S(C)(=O)=O)cc1[N+](=O)[O-]. The quantitative estimate of drug-likeness (QED) is 0.394. The van der Waals surface area contributed by atoms with Crippen molar-refractivity contribution in [3.8, 4) is 5.75 Å². The van der Waals surface area contributed by atoms with E-state index < -0.39 is 26.9 Å². The summed E-state index contributed by atoms with van der Waals surface area (Å²) < 4.78 is 30.2. The van der Waals surface area contributed by atoms with Gasteiger partial charge in [0.2, 0.25) is 10.0 Å². The van der Waals surface area contributed by atoms with Crippen LogP contribution in [0.1, 0.15) is 12.5 Å². The number of amides is 1. The fourth-order valence-electron chi connectivity index (χ4n) is 2.58. The van der Waals surface area contributed by atoms with Crippen LogP contribution in [0, 0.1) is 10.1 Å². The summed E-state index contributed by atoms with van der Waals surface area (Å²) in [5.41, 5.74) is 2.70. The second-order valence-electron chi connectivity index (χ2n) is 5.99. The zero-order valence-electron chi connectivity index (χ0n) is 16.0. The predicted molar refractivity (Wildman–Crippen MR) is 109 cm³/mol. The van der Waals surface area contributed by atoms with Crippen LogP contribution in [-0.2, 0) is 14.8 Å². The van der Waals surface area contributed by atoms with Gasteiger partial charge in [0.25, 0.3) is 5.91 Å². The van der Waals surface area contributed by atoms with Gasteiger partial charge in [-0.2, -0.15) is 5.10 Å². The summed E-state index contributed by atoms with van der Waals surface area (Å²) in [6.45, 7) is 1.43. The van der Waals surface area contributed by atoms with E-state index in [1.807, 2.05) is 0 Å². The standard InChI is InChI=1S/C18H20N4O6S/c1-13(21(29(3,26)27)15-7-5-4-6-8-15)18(23)20-19-12-14-9-10-17(28-2)16(11-14)22(24)25/h4-13H,1-3H3,(H,20,23)/b19-12-/t13-/m0/s1. The molecular formula is C18H20N4O6S. The molecule has 0 bridgehead atoms. The minimum Gasteiger partial charge on any atom is -0.490 e. The monoisotopic (exact) mass is 420 g/mol. The Hall–Kier alpha value is -3.47. The molecule has 2 rings (SSSR count). The van der Waals surface area contributed by atoms with Gasteiger partial charge >= 0.3 is 5.69 Å². The average molecular weight is 420 g/mol. The lowest BCUT2D eigenvalue weighted by molar-refractivity contribution is -0.385. The molecule has 0 fully saturated rings. The largest absolute Gasteiger partial charge is 0.490 e. The summed E-state index contributed by atoms with van der Waals surface area (Å²) in [5, 5.41) is 14.8. The van der Waals surface area contributed by atoms with Crippen molar-refractivity contribution in [2.45, 2.75) is 13.0 Å². The summed E-state index contributed by atoms with van der Waals surface area (Å²) in [5.74, 6) is -0.574. The molecule has 29 heavy (non-hydrogen) atoms. The molecule has 1 N–H and O–H groups in total. The lowest BCUT2D eigenvalue weighted by atomic mass is 10.2. The van der Waals surface area contributed by atoms with E-state index in [1.165, 1.54) is 38.4 Å². The van der Waals surface area contributed by atoms with E-state index >= 15 is 0 Å². The van der Waals surface area contributed by atoms with Gasteiger partial charge in [0.15, 0.2) is 5.75 Å². The third kappa shape index (κ3) is 5.51. The predicted octanol–water partition coefficient (Wildman–Crippen LogP) is 1.91. The molecule has 2 aromatic rings. The zero-order chi connectivity index (χ0) is 21.6. The topological polar surface area (TPSA) is 131 Å². The zero-order valence-corrected chi connectivity index (χ0v) is 16.8. The first-order chi connectivity index (χ1) is 13.6. The van der Waals surface area contributed by atoms with Crippen LogP contribution in [-0.4, -0.2) is 44.9 Å². The Kier molecular flexibility index (Phi) is 6.89. The number of nitrogens with one attached hydrogen (secondary N) is 1. The number of nitrogens with zero attached hydrogens (tertiary/aromatic N) is 3. The number of hydrogen-bond acceptors (Lipinski definition) is 7. The Balaban J connectivity index is 2.17. The molecule has 2 aromatic carbocycles. The van der Waals surface area contributed by atoms with E-state index in [4.69, 9.17) is 4.74 Å². The highest BCUT2D eigenvalue weighted by atomic mass is 32.2. The number of sulfonamides is 1. The molecule has 0 aromatic heterocycles. The molecule has 11 heteroatoms. The number of rotatable bonds is 8. The van der Waals surface area contributed by atoms with E-state index in [0.29, 0.717) is 11.3 Å². The Bertz CT molecular complexity index is 1020. The molecule has 0 aliphatic heterocycles. The number of carbonyl (C=O) groups is 1. The van der Waals surface area contributed by atoms with E-state index in [0.717, 1.165) is 10.6 Å². The van der Waals surface area contributed by atoms with Crippen molar-refractivity contribution in [3.63, 3.8) is 0 Å². The lowest BCUT2D eigenvalue weighted by Gasteiger charge is -2.27. The summed E-state index contributed by atoms with van der Waals surface area (Å²) in [7, 11) is -2.41. The number of carbonyl (C=O) groups excluding carboxylic acids is 1. The highest BCUT2D eigenvalue weighted by Gasteiger charge is 2.28. The van der Waals surface area contributed by atoms with Crippen LogP contribution in [0.15, 0.2) is 53.6 Å². The molecule has 10 nitrogen and oxygen atoms in total. The highest BCUT2D eigenvalue weighted by molar-refractivity contribution is 7.92. The van der Waals surface area contributed by atoms with Gasteiger partial charge in [-0.25, -0.2) is 13.8 Å². The number of hydrazone groups is 1. The molecule has 1 amide bonds. The normalized spacial score (nSPS) is 12.4. The minimum atomic E-state index is -3.73. The Morgan fingerprint density at radius 3 is 2.48 bits per heavy atom. The molecule has 0 saturated heterocycles. The van der Waals surface area contributed by atoms with E-state index in [9.17, 15) is 23.3 Å². The maximum absolute atomic E-state index is 12.4. The molecule has 0 unspecified atom stereocenters. The first kappa shape index (κ1) is 21.8. The third-order valence-corrected chi connectivity index (χ3v) is 5.13. The molecule has 0 aliphatic carbocycles. The Labute approximate surface area is 168 Å². The summed E-state index contributed by atoms with van der Waals surface area (Å²) in [6.07, 6.45) is 2.22. The second-order valence-corrected chi connectivity index (χ2v) is 7.85. The first-order valence-electron chi connectivity index (χ1n) is 8.35. The van der Waals surface area contributed by atoms with Crippen LogP contribution in [0.3, 0.4) is 0 Å². The number of ether oxygens (including phenoxy) is 1. The van der Waals surface area contributed by atoms with Crippen LogP contribution in [0.25, 0.3) is 0 Å². The van der Waals surface area contributed by atoms with Crippen molar-refractivity contribution in [1.82, 2.24) is 5.43 Å². The van der Waals surface area contributed by atoms with Gasteiger partial charge in [-0.1, -0.05) is 18.2 Å². The lowest BCUT2D eigenvalue weighted by Crippen LogP contribution is -2.46. The number of benzene rings is 2. The molecule has 0 heterocycles. The average Bonchev–Trinajstić information content (AvgIpc) is 2.67. The van der Waals surface area contributed by atoms with Gasteiger partial charge in [-0.3, -0.25) is 19.2 Å². The van der Waals surface area contributed by atoms with Crippen LogP contribution >= 0.6 is 0 Å². The fourth-order valence-corrected chi connectivity index (χ4v) is 3.75. The van der Waals surface area contributed by atoms with E-state index in [1.54, 1.807) is 30.3 Å². The summed E-state index contributed by atoms with van der Waals surface area (Å²) >= 11 is 0. The minimum absolute atomic E-state index is 0.0939. The van der Waals surface area contributed by atoms with E-state index in [-0.39, 0.29) is 11.4 Å². The number of nitro groups is 1. The molecule has 0 aliphatic rings. The van der Waals surface area contributed by atoms with Gasteiger partial charge in [0.1, 0.15) is 6.04 Å². The van der Waals surface area contributed by atoms with Crippen molar-refractivity contribution in [1.29, 1.82) is 0 Å². The molecule has 0 spiro atoms. The van der Waals surface area contributed by atoms with Crippen molar-refractivity contribution < 1.29 is 22.9 Å². The van der Waals surface area contributed by atoms with Gasteiger partial charge in [0, 0.05) is 11.6 Å². The molecule has 0 saturated carbocycles. The van der Waals surface area contributed by atoms with Crippen molar-refractivity contribution in [2.75, 3.05) is 17.7 Å². The number of methoxy groups -OCH3 is 1. The van der Waals surface area contributed by atoms with Gasteiger partial charge in [0.05, 0.1) is 30.2 Å². The van der Waals surface area contributed by atoms with Crippen molar-refractivity contribution in [3.05, 3.63) is 64.2 Å². The van der Waals surface area contributed by atoms with Crippen molar-refractivity contribution in [2.24, 2.45) is 5.10 Å². The maximum Gasteiger partial charge on any atom is 0.311 e. The molecule has 154 valence electrons. The van der Waals surface area contributed by atoms with Crippen LogP contribution in [0.5, 0.6) is 5.75 Å². The van der Waals surface area contributed by atoms with Crippen LogP contribution in [0.4, 0.5) is 11.4 Å². The molecule has 0 radical (unpaired) electrons. The number of para-hydroxylation sites is 1. The molecular weight excluding hydrogens is 400 g/mol. The molecule has 1 atom stereocenters. The number of anilines is 1. The van der Waals surface area contributed by atoms with Crippen LogP contribution < -0.4 is 14.5 Å². The Morgan fingerprint density at radius 1 is 1.28 bits per heavy atom. The highest BCUT2D eigenvalue weighted by Crippen LogP contribution is 2.26. The number of hydrogen-bond donors (Lipinski definition) is 1. The fraction of sp³-hybridized carbons (Fsp3) is 0.222. The summed E-state index contributed by atoms with van der Waals surface area (Å²) in [4.78, 5) is 22.9. The van der Waals surface area contributed by atoms with Gasteiger partial charge < -0.3 is 4.74 Å². The van der Waals surface area contributed by atoms with E-state index in [2.05, 4.69) is 10.5 Å². The second kappa shape index (κ2) is 9.15. The van der Waals surface area contributed by atoms with Crippen LogP contribution in [0.2, 0.25) is 0 Å². The van der Waals surface area contributed by atoms with Gasteiger partial charge in [-0.05, 0) is 31.2 Å². The number of nitro benzene ring substituents is 1. The third-order valence-electron chi connectivity index (χ3n) is 3.89. The van der Waals surface area contributed by atoms with Gasteiger partial charge in [-0.15, -0.1) is 0 Å². The Morgan fingerprint density at radius 2 is 1.93 bits per heavy atom. The summed E-state index contributed by atoms with van der Waals surface area (Å²) in [6, 6.07) is 11.3. The smallest absolute Gasteiger partial charge is 0.311 e. The first-order valence-corrected chi connectivity index (χ1v) is 10.2.